The number of hydrogen-bond acceptors (Lipinski definition) is 2. The van der Waals surface area contributed by atoms with E-state index in [1.807, 2.05) is 44.2 Å². The third-order valence-corrected chi connectivity index (χ3v) is 4.22. The molecule has 90 valence electrons. The van der Waals surface area contributed by atoms with Crippen molar-refractivity contribution < 1.29 is 4.92 Å². The van der Waals surface area contributed by atoms with Crippen LogP contribution in [0.25, 0.3) is 0 Å². The minimum atomic E-state index is -0.536. The number of nitrogens with zero attached hydrogens (tertiary/aromatic N) is 1. The van der Waals surface area contributed by atoms with Crippen LogP contribution in [0.15, 0.2) is 46.6 Å². The Morgan fingerprint density at radius 3 is 2.71 bits per heavy atom. The van der Waals surface area contributed by atoms with Crippen molar-refractivity contribution >= 4 is 15.9 Å². The molecule has 0 aliphatic heterocycles. The number of allylic oxidation sites excluding steroid dienone is 7. The maximum Gasteiger partial charge on any atom is 0.271 e. The fraction of sp³-hybridized carbons (Fsp3) is 0.385. The summed E-state index contributed by atoms with van der Waals surface area (Å²) in [5.74, 6) is 0.223. The van der Waals surface area contributed by atoms with Crippen molar-refractivity contribution in [2.45, 2.75) is 13.8 Å². The third kappa shape index (κ3) is 1.71. The topological polar surface area (TPSA) is 43.1 Å². The van der Waals surface area contributed by atoms with Crippen LogP contribution in [0.4, 0.5) is 0 Å². The Hall–Kier alpha value is -1.16. The Morgan fingerprint density at radius 1 is 1.41 bits per heavy atom. The van der Waals surface area contributed by atoms with Gasteiger partial charge < -0.3 is 0 Å². The second-order valence-corrected chi connectivity index (χ2v) is 5.52. The number of halogens is 1. The molecule has 2 aliphatic carbocycles. The van der Waals surface area contributed by atoms with Gasteiger partial charge in [0, 0.05) is 5.92 Å². The van der Waals surface area contributed by atoms with Crippen LogP contribution < -0.4 is 0 Å². The zero-order valence-corrected chi connectivity index (χ0v) is 11.3. The third-order valence-electron chi connectivity index (χ3n) is 3.58. The summed E-state index contributed by atoms with van der Waals surface area (Å²) in [6.07, 6.45) is 11.7. The van der Waals surface area contributed by atoms with Crippen molar-refractivity contribution in [3.63, 3.8) is 0 Å². The molecule has 0 spiro atoms. The van der Waals surface area contributed by atoms with E-state index in [1.54, 1.807) is 6.08 Å². The lowest BCUT2D eigenvalue weighted by Gasteiger charge is -2.40. The van der Waals surface area contributed by atoms with E-state index in [2.05, 4.69) is 15.9 Å². The average Bonchev–Trinajstić information content (AvgIpc) is 2.27. The first-order valence-corrected chi connectivity index (χ1v) is 6.38. The van der Waals surface area contributed by atoms with Gasteiger partial charge in [-0.15, -0.1) is 0 Å². The quantitative estimate of drug-likeness (QED) is 0.574. The second-order valence-electron chi connectivity index (χ2n) is 4.67. The molecule has 0 bridgehead atoms. The molecule has 0 fully saturated rings. The molecule has 2 aliphatic rings. The zero-order valence-electron chi connectivity index (χ0n) is 9.76. The first-order chi connectivity index (χ1) is 8.00. The van der Waals surface area contributed by atoms with Crippen LogP contribution >= 0.6 is 15.9 Å². The molecular weight excluding hydrogens is 282 g/mol. The van der Waals surface area contributed by atoms with E-state index in [0.29, 0.717) is 4.48 Å². The predicted octanol–water partition coefficient (Wildman–Crippen LogP) is 3.82. The van der Waals surface area contributed by atoms with E-state index in [4.69, 9.17) is 0 Å². The lowest BCUT2D eigenvalue weighted by Crippen LogP contribution is -2.40. The number of nitro groups is 1. The smallest absolute Gasteiger partial charge is 0.259 e. The van der Waals surface area contributed by atoms with Crippen LogP contribution in [-0.2, 0) is 0 Å². The molecule has 0 amide bonds. The molecule has 0 saturated heterocycles. The normalized spacial score (nSPS) is 30.9. The fourth-order valence-corrected chi connectivity index (χ4v) is 3.34. The van der Waals surface area contributed by atoms with Gasteiger partial charge in [-0.1, -0.05) is 44.2 Å². The Morgan fingerprint density at radius 2 is 2.12 bits per heavy atom. The van der Waals surface area contributed by atoms with Crippen LogP contribution in [0.1, 0.15) is 13.8 Å². The van der Waals surface area contributed by atoms with E-state index >= 15 is 0 Å². The number of fused-ring (bicyclic) bond motifs is 1. The molecule has 0 saturated carbocycles. The van der Waals surface area contributed by atoms with Crippen LogP contribution in [-0.4, -0.2) is 4.92 Å². The molecule has 17 heavy (non-hydrogen) atoms. The highest BCUT2D eigenvalue weighted by molar-refractivity contribution is 9.11. The Kier molecular flexibility index (Phi) is 3.08. The molecule has 2 rings (SSSR count). The SMILES string of the molecule is CC(C)C12C=CC=CC1C=CC(Br)=C2[N+](=O)[O-]. The first kappa shape index (κ1) is 12.3. The monoisotopic (exact) mass is 295 g/mol. The van der Waals surface area contributed by atoms with Gasteiger partial charge in [0.1, 0.15) is 0 Å². The lowest BCUT2D eigenvalue weighted by atomic mass is 9.62. The highest BCUT2D eigenvalue weighted by Gasteiger charge is 2.51. The predicted molar refractivity (Wildman–Crippen MR) is 71.1 cm³/mol. The first-order valence-electron chi connectivity index (χ1n) is 5.59. The minimum absolute atomic E-state index is 0.0641. The zero-order chi connectivity index (χ0) is 12.6. The van der Waals surface area contributed by atoms with Gasteiger partial charge in [0.05, 0.1) is 14.8 Å². The second kappa shape index (κ2) is 4.26. The van der Waals surface area contributed by atoms with Crippen molar-refractivity contribution in [1.82, 2.24) is 0 Å². The van der Waals surface area contributed by atoms with Gasteiger partial charge >= 0.3 is 0 Å². The summed E-state index contributed by atoms with van der Waals surface area (Å²) in [4.78, 5) is 11.1. The molecule has 4 heteroatoms. The molecule has 2 unspecified atom stereocenters. The largest absolute Gasteiger partial charge is 0.271 e. The van der Waals surface area contributed by atoms with Crippen molar-refractivity contribution in [2.24, 2.45) is 17.3 Å². The molecule has 0 radical (unpaired) electrons. The molecule has 0 N–H and O–H groups in total. The van der Waals surface area contributed by atoms with Crippen molar-refractivity contribution in [3.05, 3.63) is 56.7 Å². The van der Waals surface area contributed by atoms with Crippen LogP contribution in [0.2, 0.25) is 0 Å². The van der Waals surface area contributed by atoms with Crippen LogP contribution in [0.5, 0.6) is 0 Å². The summed E-state index contributed by atoms with van der Waals surface area (Å²) in [5, 5.41) is 11.4. The van der Waals surface area contributed by atoms with Crippen LogP contribution in [0, 0.1) is 27.4 Å². The summed E-state index contributed by atoms with van der Waals surface area (Å²) < 4.78 is 0.576. The van der Waals surface area contributed by atoms with Gasteiger partial charge in [0.25, 0.3) is 5.70 Å². The summed E-state index contributed by atoms with van der Waals surface area (Å²) in [6, 6.07) is 0. The van der Waals surface area contributed by atoms with Crippen molar-refractivity contribution in [3.8, 4) is 0 Å². The van der Waals surface area contributed by atoms with Gasteiger partial charge in [0.2, 0.25) is 0 Å². The maximum atomic E-state index is 11.4. The van der Waals surface area contributed by atoms with E-state index < -0.39 is 5.41 Å². The molecule has 0 aromatic carbocycles. The Bertz CT molecular complexity index is 474. The minimum Gasteiger partial charge on any atom is -0.259 e. The van der Waals surface area contributed by atoms with Gasteiger partial charge in [-0.3, -0.25) is 10.1 Å². The Balaban J connectivity index is 2.66. The van der Waals surface area contributed by atoms with Gasteiger partial charge in [-0.2, -0.15) is 0 Å². The van der Waals surface area contributed by atoms with E-state index in [0.717, 1.165) is 0 Å². The van der Waals surface area contributed by atoms with Gasteiger partial charge in [0.15, 0.2) is 0 Å². The summed E-state index contributed by atoms with van der Waals surface area (Å²) >= 11 is 3.31. The molecular formula is C13H14BrNO2. The van der Waals surface area contributed by atoms with E-state index in [-0.39, 0.29) is 22.5 Å². The molecule has 2 atom stereocenters. The highest BCUT2D eigenvalue weighted by atomic mass is 79.9. The summed E-state index contributed by atoms with van der Waals surface area (Å²) in [6.45, 7) is 4.05. The summed E-state index contributed by atoms with van der Waals surface area (Å²) in [7, 11) is 0. The Labute approximate surface area is 109 Å². The van der Waals surface area contributed by atoms with Crippen LogP contribution in [0.3, 0.4) is 0 Å². The summed E-state index contributed by atoms with van der Waals surface area (Å²) in [5.41, 5.74) is -0.271. The lowest BCUT2D eigenvalue weighted by molar-refractivity contribution is -0.442. The standard InChI is InChI=1S/C13H14BrNO2/c1-9(2)13-8-4-3-5-10(13)6-7-11(14)12(13)15(16)17/h3-10H,1-2H3. The molecule has 0 heterocycles. The molecule has 0 aromatic rings. The average molecular weight is 296 g/mol. The van der Waals surface area contributed by atoms with E-state index in [9.17, 15) is 10.1 Å². The molecule has 0 aromatic heterocycles. The highest BCUT2D eigenvalue weighted by Crippen LogP contribution is 2.51. The van der Waals surface area contributed by atoms with Crippen molar-refractivity contribution in [1.29, 1.82) is 0 Å². The van der Waals surface area contributed by atoms with E-state index in [1.165, 1.54) is 0 Å². The molecule has 3 nitrogen and oxygen atoms in total. The van der Waals surface area contributed by atoms with Gasteiger partial charge in [-0.25, -0.2) is 0 Å². The van der Waals surface area contributed by atoms with Crippen molar-refractivity contribution in [2.75, 3.05) is 0 Å². The number of hydrogen-bond donors (Lipinski definition) is 0. The number of rotatable bonds is 2. The fourth-order valence-electron chi connectivity index (χ4n) is 2.70. The van der Waals surface area contributed by atoms with Gasteiger partial charge in [-0.05, 0) is 27.9 Å². The maximum absolute atomic E-state index is 11.4.